The number of methoxy groups -OCH3 is 1. The zero-order valence-electron chi connectivity index (χ0n) is 10.4. The quantitative estimate of drug-likeness (QED) is 0.687. The predicted molar refractivity (Wildman–Crippen MR) is 73.7 cm³/mol. The summed E-state index contributed by atoms with van der Waals surface area (Å²) in [7, 11) is 1.62. The van der Waals surface area contributed by atoms with E-state index >= 15 is 0 Å². The van der Waals surface area contributed by atoms with Crippen LogP contribution in [-0.2, 0) is 0 Å². The Morgan fingerprint density at radius 1 is 1.00 bits per heavy atom. The lowest BCUT2D eigenvalue weighted by Gasteiger charge is -2.06. The first-order valence-electron chi connectivity index (χ1n) is 5.96. The van der Waals surface area contributed by atoms with Gasteiger partial charge in [-0.15, -0.1) is 0 Å². The highest BCUT2D eigenvalue weighted by Gasteiger charge is 2.06. The summed E-state index contributed by atoms with van der Waals surface area (Å²) in [5.41, 5.74) is 2.19. The molecule has 0 aliphatic carbocycles. The molecule has 0 aliphatic rings. The summed E-state index contributed by atoms with van der Waals surface area (Å²) < 4.78 is 19.1. The Morgan fingerprint density at radius 3 is 2.53 bits per heavy atom. The number of rotatable bonds is 2. The van der Waals surface area contributed by atoms with Gasteiger partial charge in [0.05, 0.1) is 7.11 Å². The largest absolute Gasteiger partial charge is 0.497 e. The summed E-state index contributed by atoms with van der Waals surface area (Å²) in [5.74, 6) is 0.482. The number of halogens is 1. The Hall–Kier alpha value is -2.42. The van der Waals surface area contributed by atoms with E-state index in [1.54, 1.807) is 19.4 Å². The van der Waals surface area contributed by atoms with Crippen LogP contribution in [-0.4, -0.2) is 12.1 Å². The number of fused-ring (bicyclic) bond motifs is 1. The Balaban J connectivity index is 2.14. The summed E-state index contributed by atoms with van der Waals surface area (Å²) in [4.78, 5) is 4.05. The molecule has 2 nitrogen and oxygen atoms in total. The van der Waals surface area contributed by atoms with Crippen LogP contribution < -0.4 is 4.74 Å². The van der Waals surface area contributed by atoms with E-state index in [1.165, 1.54) is 6.07 Å². The normalized spacial score (nSPS) is 10.6. The van der Waals surface area contributed by atoms with Crippen molar-refractivity contribution in [1.82, 2.24) is 4.98 Å². The summed E-state index contributed by atoms with van der Waals surface area (Å²) in [6.45, 7) is 0. The fourth-order valence-corrected chi connectivity index (χ4v) is 2.10. The van der Waals surface area contributed by atoms with Crippen molar-refractivity contribution in [3.63, 3.8) is 0 Å². The van der Waals surface area contributed by atoms with Gasteiger partial charge in [0.2, 0.25) is 0 Å². The molecular formula is C16H12FNO. The number of nitrogens with zero attached hydrogens (tertiary/aromatic N) is 1. The summed E-state index contributed by atoms with van der Waals surface area (Å²) >= 11 is 0. The van der Waals surface area contributed by atoms with Crippen LogP contribution in [0.15, 0.2) is 54.7 Å². The van der Waals surface area contributed by atoms with Crippen LogP contribution in [0.2, 0.25) is 0 Å². The van der Waals surface area contributed by atoms with Crippen molar-refractivity contribution >= 4 is 10.9 Å². The van der Waals surface area contributed by atoms with Gasteiger partial charge < -0.3 is 4.74 Å². The number of pyridine rings is 1. The van der Waals surface area contributed by atoms with E-state index in [1.807, 2.05) is 36.4 Å². The number of ether oxygens (including phenoxy) is 1. The van der Waals surface area contributed by atoms with E-state index in [4.69, 9.17) is 4.74 Å². The minimum absolute atomic E-state index is 0.302. The lowest BCUT2D eigenvalue weighted by Crippen LogP contribution is -1.87. The molecule has 1 heterocycles. The average molecular weight is 253 g/mol. The molecule has 0 bridgehead atoms. The van der Waals surface area contributed by atoms with Gasteiger partial charge in [-0.3, -0.25) is 4.98 Å². The molecule has 0 N–H and O–H groups in total. The van der Waals surface area contributed by atoms with Gasteiger partial charge >= 0.3 is 0 Å². The Bertz CT molecular complexity index is 722. The molecule has 0 aliphatic heterocycles. The van der Waals surface area contributed by atoms with Crippen molar-refractivity contribution in [3.05, 3.63) is 60.5 Å². The number of hydrogen-bond acceptors (Lipinski definition) is 2. The third-order valence-electron chi connectivity index (χ3n) is 3.08. The standard InChI is InChI=1S/C16H12FNO/c1-19-14-6-4-11(5-7-14)13-9-12-3-2-8-18-16(12)15(17)10-13/h2-10H,1H3. The maximum atomic E-state index is 14.0. The van der Waals surface area contributed by atoms with Crippen molar-refractivity contribution in [2.75, 3.05) is 7.11 Å². The van der Waals surface area contributed by atoms with Crippen molar-refractivity contribution in [2.24, 2.45) is 0 Å². The van der Waals surface area contributed by atoms with E-state index in [0.29, 0.717) is 5.52 Å². The second kappa shape index (κ2) is 4.69. The van der Waals surface area contributed by atoms with Crippen molar-refractivity contribution in [3.8, 4) is 16.9 Å². The first-order valence-corrected chi connectivity index (χ1v) is 5.96. The Morgan fingerprint density at radius 2 is 1.79 bits per heavy atom. The molecule has 0 atom stereocenters. The predicted octanol–water partition coefficient (Wildman–Crippen LogP) is 4.05. The molecule has 3 aromatic rings. The van der Waals surface area contributed by atoms with Crippen LogP contribution in [0.3, 0.4) is 0 Å². The van der Waals surface area contributed by atoms with Crippen LogP contribution >= 0.6 is 0 Å². The van der Waals surface area contributed by atoms with Gasteiger partial charge in [-0.2, -0.15) is 0 Å². The molecule has 0 unspecified atom stereocenters. The zero-order valence-corrected chi connectivity index (χ0v) is 10.4. The number of benzene rings is 2. The highest BCUT2D eigenvalue weighted by Crippen LogP contribution is 2.27. The van der Waals surface area contributed by atoms with Crippen molar-refractivity contribution in [2.45, 2.75) is 0 Å². The third kappa shape index (κ3) is 2.15. The van der Waals surface area contributed by atoms with Gasteiger partial charge in [0.15, 0.2) is 0 Å². The van der Waals surface area contributed by atoms with E-state index < -0.39 is 0 Å². The van der Waals surface area contributed by atoms with Crippen LogP contribution in [0.1, 0.15) is 0 Å². The van der Waals surface area contributed by atoms with Crippen LogP contribution in [0.4, 0.5) is 4.39 Å². The lowest BCUT2D eigenvalue weighted by molar-refractivity contribution is 0.415. The fourth-order valence-electron chi connectivity index (χ4n) is 2.10. The molecule has 0 fully saturated rings. The van der Waals surface area contributed by atoms with E-state index in [9.17, 15) is 4.39 Å². The molecule has 1 aromatic heterocycles. The van der Waals surface area contributed by atoms with Crippen molar-refractivity contribution in [1.29, 1.82) is 0 Å². The number of aromatic nitrogens is 1. The molecule has 0 saturated carbocycles. The van der Waals surface area contributed by atoms with Gasteiger partial charge in [-0.1, -0.05) is 18.2 Å². The molecule has 3 heteroatoms. The zero-order chi connectivity index (χ0) is 13.2. The molecule has 19 heavy (non-hydrogen) atoms. The second-order valence-corrected chi connectivity index (χ2v) is 4.26. The first-order chi connectivity index (χ1) is 9.28. The van der Waals surface area contributed by atoms with Gasteiger partial charge in [0.25, 0.3) is 0 Å². The molecule has 0 radical (unpaired) electrons. The fraction of sp³-hybridized carbons (Fsp3) is 0.0625. The van der Waals surface area contributed by atoms with Crippen LogP contribution in [0.5, 0.6) is 5.75 Å². The molecule has 94 valence electrons. The third-order valence-corrected chi connectivity index (χ3v) is 3.08. The SMILES string of the molecule is COc1ccc(-c2cc(F)c3ncccc3c2)cc1. The Kier molecular flexibility index (Phi) is 2.88. The summed E-state index contributed by atoms with van der Waals surface area (Å²) in [6.07, 6.45) is 1.60. The highest BCUT2D eigenvalue weighted by atomic mass is 19.1. The molecule has 2 aromatic carbocycles. The van der Waals surface area contributed by atoms with Crippen molar-refractivity contribution < 1.29 is 9.13 Å². The number of hydrogen-bond donors (Lipinski definition) is 0. The molecule has 0 spiro atoms. The minimum atomic E-state index is -0.302. The Labute approximate surface area is 110 Å². The van der Waals surface area contributed by atoms with E-state index in [0.717, 1.165) is 22.3 Å². The molecule has 3 rings (SSSR count). The average Bonchev–Trinajstić information content (AvgIpc) is 2.47. The van der Waals surface area contributed by atoms with Gasteiger partial charge in [-0.05, 0) is 41.5 Å². The van der Waals surface area contributed by atoms with Gasteiger partial charge in [0.1, 0.15) is 17.1 Å². The summed E-state index contributed by atoms with van der Waals surface area (Å²) in [5, 5.41) is 0.799. The minimum Gasteiger partial charge on any atom is -0.497 e. The van der Waals surface area contributed by atoms with Crippen LogP contribution in [0, 0.1) is 5.82 Å². The maximum absolute atomic E-state index is 14.0. The molecule has 0 saturated heterocycles. The lowest BCUT2D eigenvalue weighted by atomic mass is 10.0. The summed E-state index contributed by atoms with van der Waals surface area (Å²) in [6, 6.07) is 14.7. The molecule has 0 amide bonds. The van der Waals surface area contributed by atoms with E-state index in [-0.39, 0.29) is 5.82 Å². The first kappa shape index (κ1) is 11.7. The topological polar surface area (TPSA) is 22.1 Å². The van der Waals surface area contributed by atoms with E-state index in [2.05, 4.69) is 4.98 Å². The van der Waals surface area contributed by atoms with Gasteiger partial charge in [0, 0.05) is 11.6 Å². The van der Waals surface area contributed by atoms with Crippen LogP contribution in [0.25, 0.3) is 22.0 Å². The highest BCUT2D eigenvalue weighted by molar-refractivity contribution is 5.84. The smallest absolute Gasteiger partial charge is 0.150 e. The van der Waals surface area contributed by atoms with Gasteiger partial charge in [-0.25, -0.2) is 4.39 Å². The monoisotopic (exact) mass is 253 g/mol. The second-order valence-electron chi connectivity index (χ2n) is 4.26. The molecular weight excluding hydrogens is 241 g/mol. The maximum Gasteiger partial charge on any atom is 0.150 e.